The number of ether oxygens (including phenoxy) is 1. The van der Waals surface area contributed by atoms with Gasteiger partial charge in [0, 0.05) is 5.56 Å². The number of anilines is 1. The van der Waals surface area contributed by atoms with Crippen LogP contribution in [0.2, 0.25) is 5.02 Å². The molecule has 0 saturated heterocycles. The highest BCUT2D eigenvalue weighted by Crippen LogP contribution is 2.41. The fourth-order valence-corrected chi connectivity index (χ4v) is 2.12. The summed E-state index contributed by atoms with van der Waals surface area (Å²) in [5.41, 5.74) is 3.56. The van der Waals surface area contributed by atoms with Gasteiger partial charge in [-0.25, -0.2) is 4.39 Å². The molecule has 0 saturated carbocycles. The van der Waals surface area contributed by atoms with Crippen molar-refractivity contribution < 1.29 is 22.3 Å². The summed E-state index contributed by atoms with van der Waals surface area (Å²) in [4.78, 5) is 0. The number of alkyl halides is 3. The highest BCUT2D eigenvalue weighted by atomic mass is 35.5. The van der Waals surface area contributed by atoms with Crippen molar-refractivity contribution in [2.45, 2.75) is 6.18 Å². The molecule has 7 heteroatoms. The molecule has 0 bridgehead atoms. The lowest BCUT2D eigenvalue weighted by molar-refractivity contribution is -0.136. The molecule has 2 aromatic rings. The Bertz CT molecular complexity index is 685. The molecule has 2 aromatic carbocycles. The Kier molecular flexibility index (Phi) is 4.00. The van der Waals surface area contributed by atoms with E-state index in [9.17, 15) is 17.6 Å². The minimum Gasteiger partial charge on any atom is -0.494 e. The van der Waals surface area contributed by atoms with Crippen molar-refractivity contribution in [3.8, 4) is 16.9 Å². The van der Waals surface area contributed by atoms with Gasteiger partial charge in [-0.15, -0.1) is 0 Å². The molecule has 0 amide bonds. The Labute approximate surface area is 123 Å². The Morgan fingerprint density at radius 2 is 1.86 bits per heavy atom. The number of hydrogen-bond acceptors (Lipinski definition) is 2. The lowest BCUT2D eigenvalue weighted by atomic mass is 10.0. The summed E-state index contributed by atoms with van der Waals surface area (Å²) >= 11 is 5.72. The largest absolute Gasteiger partial charge is 0.494 e. The van der Waals surface area contributed by atoms with Gasteiger partial charge >= 0.3 is 6.18 Å². The third-order valence-electron chi connectivity index (χ3n) is 2.93. The normalized spacial score (nSPS) is 11.5. The van der Waals surface area contributed by atoms with Gasteiger partial charge in [-0.3, -0.25) is 0 Å². The monoisotopic (exact) mass is 319 g/mol. The molecular weight excluding hydrogens is 310 g/mol. The van der Waals surface area contributed by atoms with Crippen LogP contribution in [-0.4, -0.2) is 7.11 Å². The molecule has 112 valence electrons. The van der Waals surface area contributed by atoms with Crippen LogP contribution >= 0.6 is 11.6 Å². The maximum atomic E-state index is 14.1. The number of nitrogen functional groups attached to an aromatic ring is 1. The molecule has 2 rings (SSSR count). The molecule has 0 aliphatic heterocycles. The number of methoxy groups -OCH3 is 1. The first-order valence-corrected chi connectivity index (χ1v) is 6.12. The molecule has 0 radical (unpaired) electrons. The van der Waals surface area contributed by atoms with Gasteiger partial charge in [0.1, 0.15) is 0 Å². The number of hydrogen-bond donors (Lipinski definition) is 1. The van der Waals surface area contributed by atoms with E-state index in [1.54, 1.807) is 0 Å². The Morgan fingerprint density at radius 3 is 2.43 bits per heavy atom. The molecule has 0 atom stereocenters. The smallest absolute Gasteiger partial charge is 0.418 e. The molecule has 2 N–H and O–H groups in total. The Balaban J connectivity index is 2.69. The maximum Gasteiger partial charge on any atom is 0.418 e. The van der Waals surface area contributed by atoms with E-state index in [2.05, 4.69) is 0 Å². The Hall–Kier alpha value is -1.95. The summed E-state index contributed by atoms with van der Waals surface area (Å²) < 4.78 is 57.7. The van der Waals surface area contributed by atoms with Gasteiger partial charge in [0.25, 0.3) is 0 Å². The van der Waals surface area contributed by atoms with Crippen molar-refractivity contribution in [3.05, 3.63) is 46.7 Å². The zero-order valence-electron chi connectivity index (χ0n) is 10.8. The summed E-state index contributed by atoms with van der Waals surface area (Å²) in [5, 5.41) is -0.290. The highest BCUT2D eigenvalue weighted by molar-refractivity contribution is 6.33. The van der Waals surface area contributed by atoms with Gasteiger partial charge < -0.3 is 10.5 Å². The SMILES string of the molecule is COc1cccc(-c2cc(Cl)c(N)c(C(F)(F)F)c2)c1F. The molecule has 21 heavy (non-hydrogen) atoms. The molecule has 0 unspecified atom stereocenters. The molecule has 0 heterocycles. The van der Waals surface area contributed by atoms with Crippen LogP contribution in [0.25, 0.3) is 11.1 Å². The third kappa shape index (κ3) is 2.90. The van der Waals surface area contributed by atoms with Gasteiger partial charge in [-0.2, -0.15) is 13.2 Å². The molecule has 0 spiro atoms. The van der Waals surface area contributed by atoms with Crippen LogP contribution in [0.15, 0.2) is 30.3 Å². The number of halogens is 5. The molecule has 2 nitrogen and oxygen atoms in total. The number of rotatable bonds is 2. The van der Waals surface area contributed by atoms with Crippen molar-refractivity contribution in [2.24, 2.45) is 0 Å². The standard InChI is InChI=1S/C14H10ClF4NO/c1-21-11-4-2-3-8(12(11)16)7-5-9(14(17,18)19)13(20)10(15)6-7/h2-6H,20H2,1H3. The van der Waals surface area contributed by atoms with Gasteiger partial charge in [0.2, 0.25) is 0 Å². The van der Waals surface area contributed by atoms with E-state index in [-0.39, 0.29) is 21.9 Å². The third-order valence-corrected chi connectivity index (χ3v) is 3.24. The van der Waals surface area contributed by atoms with Gasteiger partial charge in [0.15, 0.2) is 11.6 Å². The van der Waals surface area contributed by atoms with Crippen molar-refractivity contribution in [3.63, 3.8) is 0 Å². The van der Waals surface area contributed by atoms with Crippen LogP contribution in [0.1, 0.15) is 5.56 Å². The lowest BCUT2D eigenvalue weighted by Crippen LogP contribution is -2.09. The average molecular weight is 320 g/mol. The summed E-state index contributed by atoms with van der Waals surface area (Å²) in [6.07, 6.45) is -4.68. The zero-order valence-corrected chi connectivity index (χ0v) is 11.5. The topological polar surface area (TPSA) is 35.2 Å². The second-order valence-electron chi connectivity index (χ2n) is 4.24. The van der Waals surface area contributed by atoms with Crippen molar-refractivity contribution in [1.82, 2.24) is 0 Å². The highest BCUT2D eigenvalue weighted by Gasteiger charge is 2.34. The van der Waals surface area contributed by atoms with Crippen molar-refractivity contribution >= 4 is 17.3 Å². The van der Waals surface area contributed by atoms with Crippen LogP contribution in [0.3, 0.4) is 0 Å². The maximum absolute atomic E-state index is 14.1. The van der Waals surface area contributed by atoms with Gasteiger partial charge in [-0.1, -0.05) is 23.7 Å². The summed E-state index contributed by atoms with van der Waals surface area (Å²) in [6, 6.07) is 6.11. The minimum absolute atomic E-state index is 0.0297. The molecule has 0 fully saturated rings. The first-order chi connectivity index (χ1) is 9.75. The second-order valence-corrected chi connectivity index (χ2v) is 4.65. The van der Waals surface area contributed by atoms with E-state index in [0.717, 1.165) is 6.07 Å². The summed E-state index contributed by atoms with van der Waals surface area (Å²) in [5.74, 6) is -0.844. The summed E-state index contributed by atoms with van der Waals surface area (Å²) in [7, 11) is 1.26. The van der Waals surface area contributed by atoms with Crippen LogP contribution in [0.4, 0.5) is 23.2 Å². The average Bonchev–Trinajstić information content (AvgIpc) is 2.40. The van der Waals surface area contributed by atoms with Crippen LogP contribution in [-0.2, 0) is 6.18 Å². The first kappa shape index (κ1) is 15.4. The van der Waals surface area contributed by atoms with Crippen LogP contribution in [0, 0.1) is 5.82 Å². The fraction of sp³-hybridized carbons (Fsp3) is 0.143. The predicted molar refractivity (Wildman–Crippen MR) is 72.8 cm³/mol. The summed E-state index contributed by atoms with van der Waals surface area (Å²) in [6.45, 7) is 0. The molecule has 0 aromatic heterocycles. The quantitative estimate of drug-likeness (QED) is 0.640. The van der Waals surface area contributed by atoms with E-state index in [0.29, 0.717) is 0 Å². The van der Waals surface area contributed by atoms with Crippen LogP contribution < -0.4 is 10.5 Å². The second kappa shape index (κ2) is 5.44. The lowest BCUT2D eigenvalue weighted by Gasteiger charge is -2.14. The van der Waals surface area contributed by atoms with Crippen molar-refractivity contribution in [1.29, 1.82) is 0 Å². The zero-order chi connectivity index (χ0) is 15.8. The molecular formula is C14H10ClF4NO. The minimum atomic E-state index is -4.68. The van der Waals surface area contributed by atoms with E-state index < -0.39 is 23.2 Å². The first-order valence-electron chi connectivity index (χ1n) is 5.74. The van der Waals surface area contributed by atoms with Crippen LogP contribution in [0.5, 0.6) is 5.75 Å². The van der Waals surface area contributed by atoms with Gasteiger partial charge in [0.05, 0.1) is 23.4 Å². The fourth-order valence-electron chi connectivity index (χ4n) is 1.90. The van der Waals surface area contributed by atoms with E-state index in [1.807, 2.05) is 0 Å². The molecule has 0 aliphatic rings. The van der Waals surface area contributed by atoms with E-state index in [1.165, 1.54) is 31.4 Å². The van der Waals surface area contributed by atoms with E-state index >= 15 is 0 Å². The van der Waals surface area contributed by atoms with E-state index in [4.69, 9.17) is 22.1 Å². The predicted octanol–water partition coefficient (Wildman–Crippen LogP) is 4.76. The number of benzene rings is 2. The van der Waals surface area contributed by atoms with Gasteiger partial charge in [-0.05, 0) is 23.8 Å². The molecule has 0 aliphatic carbocycles. The van der Waals surface area contributed by atoms with Crippen molar-refractivity contribution in [2.75, 3.05) is 12.8 Å². The Morgan fingerprint density at radius 1 is 1.19 bits per heavy atom. The number of nitrogens with two attached hydrogens (primary N) is 1.